The highest BCUT2D eigenvalue weighted by atomic mass is 32.1. The van der Waals surface area contributed by atoms with Crippen LogP contribution >= 0.6 is 11.3 Å². The van der Waals surface area contributed by atoms with Gasteiger partial charge in [-0.3, -0.25) is 14.2 Å². The van der Waals surface area contributed by atoms with Crippen LogP contribution in [0.15, 0.2) is 63.5 Å². The van der Waals surface area contributed by atoms with Crippen molar-refractivity contribution < 1.29 is 13.6 Å². The van der Waals surface area contributed by atoms with E-state index in [0.717, 1.165) is 40.0 Å². The minimum atomic E-state index is -1.05. The number of halogens is 2. The summed E-state index contributed by atoms with van der Waals surface area (Å²) in [4.78, 5) is 38.6. The van der Waals surface area contributed by atoms with E-state index >= 15 is 0 Å². The molecule has 158 valence electrons. The number of fused-ring (bicyclic) bond motifs is 1. The van der Waals surface area contributed by atoms with Crippen LogP contribution in [0, 0.1) is 11.6 Å². The second kappa shape index (κ2) is 8.27. The fourth-order valence-corrected chi connectivity index (χ4v) is 4.11. The number of aromatic nitrogens is 2. The smallest absolute Gasteiger partial charge is 0.325 e. The number of anilines is 1. The van der Waals surface area contributed by atoms with Gasteiger partial charge in [0.1, 0.15) is 22.9 Å². The Morgan fingerprint density at radius 3 is 2.48 bits per heavy atom. The van der Waals surface area contributed by atoms with Crippen molar-refractivity contribution in [3.63, 3.8) is 0 Å². The fraction of sp³-hybridized carbons (Fsp3) is 0.136. The van der Waals surface area contributed by atoms with E-state index in [0.29, 0.717) is 16.3 Å². The molecule has 0 radical (unpaired) electrons. The van der Waals surface area contributed by atoms with Crippen LogP contribution in [-0.2, 0) is 17.8 Å². The van der Waals surface area contributed by atoms with E-state index < -0.39 is 28.8 Å². The van der Waals surface area contributed by atoms with Crippen molar-refractivity contribution in [2.24, 2.45) is 0 Å². The summed E-state index contributed by atoms with van der Waals surface area (Å²) in [5.74, 6) is -2.37. The quantitative estimate of drug-likeness (QED) is 0.513. The van der Waals surface area contributed by atoms with Gasteiger partial charge in [-0.05, 0) is 47.7 Å². The van der Waals surface area contributed by atoms with Gasteiger partial charge in [0.25, 0.3) is 5.56 Å². The van der Waals surface area contributed by atoms with Crippen molar-refractivity contribution in [3.05, 3.63) is 91.9 Å². The number of nitrogens with one attached hydrogen (secondary N) is 1. The number of hydrogen-bond donors (Lipinski definition) is 1. The van der Waals surface area contributed by atoms with Crippen LogP contribution in [0.1, 0.15) is 12.5 Å². The van der Waals surface area contributed by atoms with Gasteiger partial charge in [-0.2, -0.15) is 0 Å². The molecular formula is C22H17F2N3O3S. The molecule has 2 heterocycles. The average molecular weight is 441 g/mol. The number of aryl methyl sites for hydroxylation is 1. The van der Waals surface area contributed by atoms with Crippen LogP contribution in [0.4, 0.5) is 14.5 Å². The van der Waals surface area contributed by atoms with Crippen LogP contribution in [0.5, 0.6) is 0 Å². The largest absolute Gasteiger partial charge is 0.336 e. The molecule has 1 amide bonds. The van der Waals surface area contributed by atoms with Crippen LogP contribution < -0.4 is 16.6 Å². The molecule has 0 unspecified atom stereocenters. The van der Waals surface area contributed by atoms with E-state index in [1.807, 2.05) is 19.1 Å². The Hall–Kier alpha value is -3.59. The van der Waals surface area contributed by atoms with E-state index in [1.54, 1.807) is 23.6 Å². The molecule has 2 aromatic carbocycles. The molecule has 0 atom stereocenters. The first kappa shape index (κ1) is 20.7. The van der Waals surface area contributed by atoms with Crippen LogP contribution in [0.25, 0.3) is 15.9 Å². The minimum Gasteiger partial charge on any atom is -0.325 e. The van der Waals surface area contributed by atoms with Crippen LogP contribution in [-0.4, -0.2) is 15.0 Å². The van der Waals surface area contributed by atoms with Crippen molar-refractivity contribution in [1.29, 1.82) is 0 Å². The lowest BCUT2D eigenvalue weighted by Gasteiger charge is -2.13. The molecule has 4 aromatic rings. The number of nitrogens with zero attached hydrogens (tertiary/aromatic N) is 2. The SMILES string of the molecule is CCc1ccc(NC(=O)Cn2c(=O)n(-c3ccc(F)cc3F)c(=O)c3sccc32)cc1. The van der Waals surface area contributed by atoms with Gasteiger partial charge < -0.3 is 5.32 Å². The third-order valence-electron chi connectivity index (χ3n) is 4.85. The Morgan fingerprint density at radius 1 is 1.06 bits per heavy atom. The molecule has 0 spiro atoms. The second-order valence-corrected chi connectivity index (χ2v) is 7.75. The molecular weight excluding hydrogens is 424 g/mol. The highest BCUT2D eigenvalue weighted by Crippen LogP contribution is 2.18. The maximum Gasteiger partial charge on any atom is 0.336 e. The average Bonchev–Trinajstić information content (AvgIpc) is 3.23. The molecule has 31 heavy (non-hydrogen) atoms. The molecule has 0 aliphatic carbocycles. The Bertz CT molecular complexity index is 1400. The summed E-state index contributed by atoms with van der Waals surface area (Å²) in [6.07, 6.45) is 0.862. The highest BCUT2D eigenvalue weighted by molar-refractivity contribution is 7.17. The Balaban J connectivity index is 1.77. The molecule has 6 nitrogen and oxygen atoms in total. The standard InChI is InChI=1S/C22H17F2N3O3S/c1-2-13-3-6-15(7-4-13)25-19(28)12-26-18-9-10-31-20(18)21(29)27(22(26)30)17-8-5-14(23)11-16(17)24/h3-11H,2,12H2,1H3,(H,25,28). The topological polar surface area (TPSA) is 73.1 Å². The van der Waals surface area contributed by atoms with E-state index in [1.165, 1.54) is 0 Å². The first-order valence-corrected chi connectivity index (χ1v) is 10.3. The van der Waals surface area contributed by atoms with Gasteiger partial charge in [-0.15, -0.1) is 11.3 Å². The molecule has 2 aromatic heterocycles. The van der Waals surface area contributed by atoms with E-state index in [4.69, 9.17) is 0 Å². The molecule has 0 saturated carbocycles. The number of benzene rings is 2. The minimum absolute atomic E-state index is 0.184. The molecule has 0 bridgehead atoms. The van der Waals surface area contributed by atoms with Gasteiger partial charge in [0.05, 0.1) is 11.2 Å². The number of thiophene rings is 1. The summed E-state index contributed by atoms with van der Waals surface area (Å²) in [6, 6.07) is 11.4. The molecule has 1 N–H and O–H groups in total. The van der Waals surface area contributed by atoms with Crippen molar-refractivity contribution in [2.45, 2.75) is 19.9 Å². The van der Waals surface area contributed by atoms with Gasteiger partial charge in [-0.1, -0.05) is 19.1 Å². The summed E-state index contributed by atoms with van der Waals surface area (Å²) in [7, 11) is 0. The van der Waals surface area contributed by atoms with E-state index in [2.05, 4.69) is 5.32 Å². The first-order valence-electron chi connectivity index (χ1n) is 9.46. The Morgan fingerprint density at radius 2 is 1.81 bits per heavy atom. The summed E-state index contributed by atoms with van der Waals surface area (Å²) >= 11 is 1.07. The Kier molecular flexibility index (Phi) is 5.51. The van der Waals surface area contributed by atoms with E-state index in [-0.39, 0.29) is 22.4 Å². The van der Waals surface area contributed by atoms with Crippen molar-refractivity contribution >= 4 is 33.1 Å². The summed E-state index contributed by atoms with van der Waals surface area (Å²) in [6.45, 7) is 1.63. The number of carbonyl (C=O) groups is 1. The van der Waals surface area contributed by atoms with Crippen LogP contribution in [0.2, 0.25) is 0 Å². The monoisotopic (exact) mass is 441 g/mol. The first-order chi connectivity index (χ1) is 14.9. The van der Waals surface area contributed by atoms with Crippen molar-refractivity contribution in [2.75, 3.05) is 5.32 Å². The number of hydrogen-bond acceptors (Lipinski definition) is 4. The molecule has 9 heteroatoms. The van der Waals surface area contributed by atoms with Gasteiger partial charge in [0.15, 0.2) is 0 Å². The number of amides is 1. The number of rotatable bonds is 5. The van der Waals surface area contributed by atoms with Gasteiger partial charge in [-0.25, -0.2) is 18.1 Å². The van der Waals surface area contributed by atoms with Gasteiger partial charge in [0.2, 0.25) is 5.91 Å². The normalized spacial score (nSPS) is 11.1. The summed E-state index contributed by atoms with van der Waals surface area (Å²) in [5, 5.41) is 4.32. The number of carbonyl (C=O) groups excluding carboxylic acids is 1. The third kappa shape index (κ3) is 3.91. The lowest BCUT2D eigenvalue weighted by atomic mass is 10.1. The zero-order valence-electron chi connectivity index (χ0n) is 16.4. The molecule has 4 rings (SSSR count). The predicted molar refractivity (Wildman–Crippen MR) is 116 cm³/mol. The van der Waals surface area contributed by atoms with E-state index in [9.17, 15) is 23.2 Å². The van der Waals surface area contributed by atoms with Crippen LogP contribution in [0.3, 0.4) is 0 Å². The second-order valence-electron chi connectivity index (χ2n) is 6.84. The van der Waals surface area contributed by atoms with Crippen molar-refractivity contribution in [3.8, 4) is 5.69 Å². The lowest BCUT2D eigenvalue weighted by Crippen LogP contribution is -2.40. The molecule has 0 saturated heterocycles. The fourth-order valence-electron chi connectivity index (χ4n) is 3.28. The highest BCUT2D eigenvalue weighted by Gasteiger charge is 2.19. The maximum absolute atomic E-state index is 14.3. The van der Waals surface area contributed by atoms with Crippen molar-refractivity contribution in [1.82, 2.24) is 9.13 Å². The summed E-state index contributed by atoms with van der Waals surface area (Å²) in [5.41, 5.74) is -0.0474. The zero-order valence-corrected chi connectivity index (χ0v) is 17.2. The van der Waals surface area contributed by atoms with Gasteiger partial charge in [0, 0.05) is 11.8 Å². The Labute approximate surface area is 179 Å². The third-order valence-corrected chi connectivity index (χ3v) is 5.74. The van der Waals surface area contributed by atoms with Gasteiger partial charge >= 0.3 is 5.69 Å². The molecule has 0 aliphatic rings. The maximum atomic E-state index is 14.3. The summed E-state index contributed by atoms with van der Waals surface area (Å²) < 4.78 is 29.6. The molecule has 0 fully saturated rings. The predicted octanol–water partition coefficient (Wildman–Crippen LogP) is 3.69. The molecule has 0 aliphatic heterocycles. The zero-order chi connectivity index (χ0) is 22.1. The lowest BCUT2D eigenvalue weighted by molar-refractivity contribution is -0.116.